The van der Waals surface area contributed by atoms with Gasteiger partial charge in [-0.25, -0.2) is 0 Å². The molecule has 2 aliphatic rings. The van der Waals surface area contributed by atoms with Gasteiger partial charge in [0.05, 0.1) is 0 Å². The van der Waals surface area contributed by atoms with Crippen molar-refractivity contribution in [2.24, 2.45) is 0 Å². The molecule has 2 heterocycles. The Hall–Kier alpha value is -2.10. The molecule has 0 radical (unpaired) electrons. The van der Waals surface area contributed by atoms with Crippen molar-refractivity contribution >= 4 is 5.91 Å². The first-order valence-corrected chi connectivity index (χ1v) is 8.56. The minimum absolute atomic E-state index is 0.0362. The highest BCUT2D eigenvalue weighted by atomic mass is 16.5. The van der Waals surface area contributed by atoms with Gasteiger partial charge in [-0.3, -0.25) is 4.79 Å². The maximum atomic E-state index is 13.1. The monoisotopic (exact) mass is 310 g/mol. The minimum Gasteiger partial charge on any atom is -0.355 e. The maximum absolute atomic E-state index is 13.1. The Labute approximate surface area is 136 Å². The van der Waals surface area contributed by atoms with E-state index in [2.05, 4.69) is 31.1 Å². The van der Waals surface area contributed by atoms with Gasteiger partial charge in [0.25, 0.3) is 5.91 Å². The van der Waals surface area contributed by atoms with Crippen LogP contribution in [-0.2, 0) is 12.8 Å². The Morgan fingerprint density at radius 3 is 2.70 bits per heavy atom. The van der Waals surface area contributed by atoms with Gasteiger partial charge >= 0.3 is 0 Å². The Kier molecular flexibility index (Phi) is 3.47. The summed E-state index contributed by atoms with van der Waals surface area (Å²) < 4.78 is 5.60. The van der Waals surface area contributed by atoms with Crippen molar-refractivity contribution in [2.45, 2.75) is 58.0 Å². The standard InChI is InChI=1S/C19H22N2O2/c1-12-6-5-7-13(2)21(12)19(22)17-16-11-10-14-8-3-4-9-15(14)18(16)23-20-17/h3-4,8-9,12-13H,5-7,10-11H2,1-2H3/t12-,13-/m1/s1. The predicted octanol–water partition coefficient (Wildman–Crippen LogP) is 3.84. The number of carbonyl (C=O) groups excluding carboxylic acids is 1. The molecule has 1 fully saturated rings. The molecule has 4 heteroatoms. The Morgan fingerprint density at radius 2 is 1.91 bits per heavy atom. The van der Waals surface area contributed by atoms with Crippen LogP contribution in [0.5, 0.6) is 0 Å². The van der Waals surface area contributed by atoms with Gasteiger partial charge in [0.1, 0.15) is 0 Å². The molecule has 1 aliphatic carbocycles. The van der Waals surface area contributed by atoms with Gasteiger partial charge in [-0.1, -0.05) is 29.4 Å². The summed E-state index contributed by atoms with van der Waals surface area (Å²) in [5.74, 6) is 0.821. The van der Waals surface area contributed by atoms with Gasteiger partial charge in [-0.2, -0.15) is 0 Å². The molecule has 1 aromatic carbocycles. The molecule has 1 aliphatic heterocycles. The van der Waals surface area contributed by atoms with Crippen molar-refractivity contribution in [3.8, 4) is 11.3 Å². The Bertz CT molecular complexity index is 740. The van der Waals surface area contributed by atoms with E-state index in [0.717, 1.165) is 42.6 Å². The largest absolute Gasteiger partial charge is 0.355 e. The van der Waals surface area contributed by atoms with Crippen molar-refractivity contribution in [2.75, 3.05) is 0 Å². The van der Waals surface area contributed by atoms with E-state index in [4.69, 9.17) is 4.52 Å². The van der Waals surface area contributed by atoms with Crippen molar-refractivity contribution in [3.05, 3.63) is 41.1 Å². The van der Waals surface area contributed by atoms with Gasteiger partial charge < -0.3 is 9.42 Å². The first-order valence-electron chi connectivity index (χ1n) is 8.56. The molecule has 1 amide bonds. The topological polar surface area (TPSA) is 46.3 Å². The molecular weight excluding hydrogens is 288 g/mol. The van der Waals surface area contributed by atoms with Crippen LogP contribution >= 0.6 is 0 Å². The zero-order valence-corrected chi connectivity index (χ0v) is 13.7. The quantitative estimate of drug-likeness (QED) is 0.804. The van der Waals surface area contributed by atoms with E-state index in [0.29, 0.717) is 5.69 Å². The third-order valence-electron chi connectivity index (χ3n) is 5.33. The van der Waals surface area contributed by atoms with Crippen LogP contribution in [0, 0.1) is 0 Å². The summed E-state index contributed by atoms with van der Waals surface area (Å²) in [6.45, 7) is 4.27. The number of hydrogen-bond donors (Lipinski definition) is 0. The summed E-state index contributed by atoms with van der Waals surface area (Å²) in [7, 11) is 0. The Morgan fingerprint density at radius 1 is 1.17 bits per heavy atom. The Balaban J connectivity index is 1.72. The van der Waals surface area contributed by atoms with Crippen LogP contribution in [0.4, 0.5) is 0 Å². The van der Waals surface area contributed by atoms with Crippen LogP contribution < -0.4 is 0 Å². The van der Waals surface area contributed by atoms with E-state index in [-0.39, 0.29) is 18.0 Å². The van der Waals surface area contributed by atoms with Crippen LogP contribution in [0.3, 0.4) is 0 Å². The summed E-state index contributed by atoms with van der Waals surface area (Å²) in [6, 6.07) is 8.77. The SMILES string of the molecule is C[C@@H]1CCC[C@@H](C)N1C(=O)c1noc2c1CCc1ccccc1-2. The van der Waals surface area contributed by atoms with E-state index < -0.39 is 0 Å². The average molecular weight is 310 g/mol. The molecule has 0 bridgehead atoms. The van der Waals surface area contributed by atoms with Gasteiger partial charge in [0.15, 0.2) is 11.5 Å². The van der Waals surface area contributed by atoms with Crippen LogP contribution in [0.2, 0.25) is 0 Å². The predicted molar refractivity (Wildman–Crippen MR) is 88.3 cm³/mol. The lowest BCUT2D eigenvalue weighted by atomic mass is 9.89. The molecule has 4 nitrogen and oxygen atoms in total. The van der Waals surface area contributed by atoms with Gasteiger partial charge in [0, 0.05) is 23.2 Å². The highest BCUT2D eigenvalue weighted by molar-refractivity contribution is 5.96. The first-order chi connectivity index (χ1) is 11.2. The molecule has 0 spiro atoms. The van der Waals surface area contributed by atoms with Crippen LogP contribution in [-0.4, -0.2) is 28.0 Å². The maximum Gasteiger partial charge on any atom is 0.276 e. The van der Waals surface area contributed by atoms with Gasteiger partial charge in [-0.15, -0.1) is 0 Å². The van der Waals surface area contributed by atoms with Crippen LogP contribution in [0.25, 0.3) is 11.3 Å². The molecule has 1 saturated heterocycles. The average Bonchev–Trinajstić information content (AvgIpc) is 2.99. The molecule has 0 N–H and O–H groups in total. The molecule has 0 unspecified atom stereocenters. The molecule has 2 atom stereocenters. The summed E-state index contributed by atoms with van der Waals surface area (Å²) >= 11 is 0. The normalized spacial score (nSPS) is 23.3. The molecule has 2 aromatic rings. The number of hydrogen-bond acceptors (Lipinski definition) is 3. The second-order valence-electron chi connectivity index (χ2n) is 6.84. The lowest BCUT2D eigenvalue weighted by Crippen LogP contribution is -2.47. The molecule has 120 valence electrons. The fourth-order valence-electron chi connectivity index (χ4n) is 4.08. The number of nitrogens with zero attached hydrogens (tertiary/aromatic N) is 2. The molecule has 1 aromatic heterocycles. The van der Waals surface area contributed by atoms with Crippen molar-refractivity contribution in [3.63, 3.8) is 0 Å². The van der Waals surface area contributed by atoms with Gasteiger partial charge in [-0.05, 0) is 51.5 Å². The summed E-state index contributed by atoms with van der Waals surface area (Å²) in [6.07, 6.45) is 5.09. The van der Waals surface area contributed by atoms with E-state index >= 15 is 0 Å². The minimum atomic E-state index is 0.0362. The second kappa shape index (κ2) is 5.52. The van der Waals surface area contributed by atoms with Crippen LogP contribution in [0.15, 0.2) is 28.8 Å². The molecule has 0 saturated carbocycles. The molecule has 4 rings (SSSR count). The van der Waals surface area contributed by atoms with E-state index in [1.165, 1.54) is 12.0 Å². The number of aryl methyl sites for hydroxylation is 1. The summed E-state index contributed by atoms with van der Waals surface area (Å²) in [5.41, 5.74) is 3.86. The lowest BCUT2D eigenvalue weighted by Gasteiger charge is -2.38. The highest BCUT2D eigenvalue weighted by Gasteiger charge is 2.35. The lowest BCUT2D eigenvalue weighted by molar-refractivity contribution is 0.0499. The number of benzene rings is 1. The van der Waals surface area contributed by atoms with E-state index in [9.17, 15) is 4.79 Å². The fraction of sp³-hybridized carbons (Fsp3) is 0.474. The number of rotatable bonds is 1. The number of likely N-dealkylation sites (tertiary alicyclic amines) is 1. The van der Waals surface area contributed by atoms with Crippen molar-refractivity contribution < 1.29 is 9.32 Å². The molecule has 23 heavy (non-hydrogen) atoms. The fourth-order valence-corrected chi connectivity index (χ4v) is 4.08. The smallest absolute Gasteiger partial charge is 0.276 e. The number of carbonyl (C=O) groups is 1. The molecular formula is C19H22N2O2. The van der Waals surface area contributed by atoms with Crippen LogP contribution in [0.1, 0.15) is 54.7 Å². The third kappa shape index (κ3) is 2.28. The van der Waals surface area contributed by atoms with E-state index in [1.807, 2.05) is 17.0 Å². The first kappa shape index (κ1) is 14.5. The highest BCUT2D eigenvalue weighted by Crippen LogP contribution is 2.36. The van der Waals surface area contributed by atoms with Gasteiger partial charge in [0.2, 0.25) is 0 Å². The third-order valence-corrected chi connectivity index (χ3v) is 5.33. The second-order valence-corrected chi connectivity index (χ2v) is 6.84. The zero-order chi connectivity index (χ0) is 16.0. The number of amides is 1. The summed E-state index contributed by atoms with van der Waals surface area (Å²) in [4.78, 5) is 15.1. The van der Waals surface area contributed by atoms with Crippen molar-refractivity contribution in [1.82, 2.24) is 10.1 Å². The number of aromatic nitrogens is 1. The number of fused-ring (bicyclic) bond motifs is 3. The summed E-state index contributed by atoms with van der Waals surface area (Å²) in [5, 5.41) is 4.17. The number of piperidine rings is 1. The van der Waals surface area contributed by atoms with E-state index in [1.54, 1.807) is 0 Å². The van der Waals surface area contributed by atoms with Crippen molar-refractivity contribution in [1.29, 1.82) is 0 Å². The zero-order valence-electron chi connectivity index (χ0n) is 13.7.